The third-order valence-corrected chi connectivity index (χ3v) is 7.01. The molecule has 2 heterocycles. The fourth-order valence-corrected chi connectivity index (χ4v) is 5.30. The number of sulfonamides is 1. The minimum atomic E-state index is -3.92. The molecule has 0 fully saturated rings. The van der Waals surface area contributed by atoms with Crippen LogP contribution in [0.4, 0.5) is 5.69 Å². The Kier molecular flexibility index (Phi) is 5.79. The van der Waals surface area contributed by atoms with Gasteiger partial charge in [-0.2, -0.15) is 0 Å². The number of aryl methyl sites for hydroxylation is 1. The first-order valence-corrected chi connectivity index (χ1v) is 11.8. The van der Waals surface area contributed by atoms with Crippen molar-refractivity contribution in [1.29, 1.82) is 0 Å². The molecule has 4 rings (SSSR count). The Bertz CT molecular complexity index is 1200. The Labute approximate surface area is 186 Å². The van der Waals surface area contributed by atoms with E-state index in [9.17, 15) is 13.2 Å². The summed E-state index contributed by atoms with van der Waals surface area (Å²) in [6.45, 7) is 2.27. The first-order chi connectivity index (χ1) is 14.8. The van der Waals surface area contributed by atoms with Crippen LogP contribution in [0.15, 0.2) is 83.7 Å². The van der Waals surface area contributed by atoms with Crippen molar-refractivity contribution < 1.29 is 13.2 Å². The van der Waals surface area contributed by atoms with E-state index in [4.69, 9.17) is 0 Å². The quantitative estimate of drug-likeness (QED) is 0.648. The minimum Gasteiger partial charge on any atom is -0.337 e. The van der Waals surface area contributed by atoms with Gasteiger partial charge in [0.15, 0.2) is 0 Å². The monoisotopic (exact) mass is 454 g/mol. The van der Waals surface area contributed by atoms with E-state index in [0.717, 1.165) is 11.1 Å². The van der Waals surface area contributed by atoms with Gasteiger partial charge in [0.25, 0.3) is 15.9 Å². The summed E-state index contributed by atoms with van der Waals surface area (Å²) in [5.74, 6) is -0.266. The number of nitrogens with one attached hydrogen (secondary N) is 2. The number of carbonyl (C=O) groups is 1. The van der Waals surface area contributed by atoms with Crippen LogP contribution in [0.3, 0.4) is 0 Å². The van der Waals surface area contributed by atoms with Crippen molar-refractivity contribution in [3.8, 4) is 0 Å². The number of nitrogens with zero attached hydrogens (tertiary/aromatic N) is 2. The number of anilines is 1. The second-order valence-electron chi connectivity index (χ2n) is 7.24. The normalized spacial score (nSPS) is 15.0. The molecule has 0 saturated carbocycles. The zero-order valence-electron chi connectivity index (χ0n) is 17.1. The molecule has 2 aliphatic rings. The van der Waals surface area contributed by atoms with Crippen LogP contribution in [0, 0.1) is 6.92 Å². The Hall–Kier alpha value is -3.17. The van der Waals surface area contributed by atoms with Gasteiger partial charge >= 0.3 is 0 Å². The second-order valence-corrected chi connectivity index (χ2v) is 9.70. The summed E-state index contributed by atoms with van der Waals surface area (Å²) in [4.78, 5) is 14.9. The average Bonchev–Trinajstić information content (AvgIpc) is 3.22. The van der Waals surface area contributed by atoms with E-state index in [1.807, 2.05) is 37.3 Å². The summed E-state index contributed by atoms with van der Waals surface area (Å²) in [7, 11) is -2.22. The largest absolute Gasteiger partial charge is 0.337 e. The highest BCUT2D eigenvalue weighted by Crippen LogP contribution is 2.34. The van der Waals surface area contributed by atoms with Gasteiger partial charge in [-0.1, -0.05) is 36.4 Å². The summed E-state index contributed by atoms with van der Waals surface area (Å²) in [5.41, 5.74) is 2.92. The Morgan fingerprint density at radius 2 is 1.97 bits per heavy atom. The van der Waals surface area contributed by atoms with E-state index in [1.54, 1.807) is 52.9 Å². The van der Waals surface area contributed by atoms with Gasteiger partial charge in [0, 0.05) is 26.0 Å². The molecule has 31 heavy (non-hydrogen) atoms. The minimum absolute atomic E-state index is 0.130. The van der Waals surface area contributed by atoms with E-state index >= 15 is 0 Å². The van der Waals surface area contributed by atoms with Crippen molar-refractivity contribution in [3.05, 3.63) is 100 Å². The van der Waals surface area contributed by atoms with Crippen LogP contribution >= 0.6 is 12.1 Å². The van der Waals surface area contributed by atoms with Gasteiger partial charge in [0.2, 0.25) is 0 Å². The second kappa shape index (κ2) is 8.52. The van der Waals surface area contributed by atoms with Gasteiger partial charge in [-0.25, -0.2) is 8.42 Å². The summed E-state index contributed by atoms with van der Waals surface area (Å²) in [6, 6.07) is 14.8. The zero-order chi connectivity index (χ0) is 22.0. The van der Waals surface area contributed by atoms with Gasteiger partial charge in [0.1, 0.15) is 4.91 Å². The van der Waals surface area contributed by atoms with Gasteiger partial charge < -0.3 is 9.62 Å². The van der Waals surface area contributed by atoms with Crippen molar-refractivity contribution in [3.63, 3.8) is 0 Å². The van der Waals surface area contributed by atoms with Crippen LogP contribution in [0.25, 0.3) is 0 Å². The molecule has 2 N–H and O–H groups in total. The zero-order valence-corrected chi connectivity index (χ0v) is 18.7. The maximum atomic E-state index is 13.2. The first kappa shape index (κ1) is 21.1. The maximum Gasteiger partial charge on any atom is 0.264 e. The molecule has 2 aromatic carbocycles. The number of fused-ring (bicyclic) bond motifs is 1. The number of hydrogen-bond donors (Lipinski definition) is 2. The topological polar surface area (TPSA) is 81.8 Å². The summed E-state index contributed by atoms with van der Waals surface area (Å²) >= 11 is 1.28. The molecule has 0 aliphatic carbocycles. The molecule has 0 aromatic heterocycles. The van der Waals surface area contributed by atoms with E-state index in [0.29, 0.717) is 17.8 Å². The highest BCUT2D eigenvalue weighted by molar-refractivity contribution is 7.97. The third-order valence-electron chi connectivity index (χ3n) is 4.85. The lowest BCUT2D eigenvalue weighted by atomic mass is 10.1. The van der Waals surface area contributed by atoms with Crippen molar-refractivity contribution in [2.75, 3.05) is 11.8 Å². The van der Waals surface area contributed by atoms with Gasteiger partial charge in [0.05, 0.1) is 29.1 Å². The predicted molar refractivity (Wildman–Crippen MR) is 124 cm³/mol. The molecule has 1 amide bonds. The molecule has 2 aliphatic heterocycles. The summed E-state index contributed by atoms with van der Waals surface area (Å²) in [5, 5.41) is 0. The van der Waals surface area contributed by atoms with Crippen molar-refractivity contribution >= 4 is 33.8 Å². The van der Waals surface area contributed by atoms with E-state index in [-0.39, 0.29) is 16.5 Å². The molecule has 7 nitrogen and oxygen atoms in total. The van der Waals surface area contributed by atoms with Crippen molar-refractivity contribution in [2.24, 2.45) is 0 Å². The fraction of sp³-hybridized carbons (Fsp3) is 0.136. The molecule has 160 valence electrons. The molecule has 0 unspecified atom stereocenters. The van der Waals surface area contributed by atoms with Crippen LogP contribution in [0.1, 0.15) is 21.5 Å². The molecule has 0 atom stereocenters. The van der Waals surface area contributed by atoms with Crippen LogP contribution in [-0.4, -0.2) is 30.6 Å². The highest BCUT2D eigenvalue weighted by atomic mass is 32.2. The number of carbonyl (C=O) groups excluding carboxylic acids is 1. The molecular weight excluding hydrogens is 432 g/mol. The standard InChI is InChI=1S/C22H22N4O3S2/c1-16-10-11-18(22(27)25(2)15-17-7-4-3-5-8-17)19(13-16)24-31(28,29)21-9-6-12-26-20(21)14-23-30-26/h3-14,23-24H,15H2,1-2H3. The first-order valence-electron chi connectivity index (χ1n) is 9.59. The number of amides is 1. The van der Waals surface area contributed by atoms with Crippen LogP contribution < -0.4 is 9.44 Å². The average molecular weight is 455 g/mol. The molecule has 0 bridgehead atoms. The van der Waals surface area contributed by atoms with E-state index in [2.05, 4.69) is 9.44 Å². The smallest absolute Gasteiger partial charge is 0.264 e. The highest BCUT2D eigenvalue weighted by Gasteiger charge is 2.30. The number of rotatable bonds is 6. The van der Waals surface area contributed by atoms with Gasteiger partial charge in [-0.3, -0.25) is 13.8 Å². The van der Waals surface area contributed by atoms with Crippen molar-refractivity contribution in [2.45, 2.75) is 13.5 Å². The Morgan fingerprint density at radius 3 is 2.74 bits per heavy atom. The van der Waals surface area contributed by atoms with E-state index < -0.39 is 10.0 Å². The van der Waals surface area contributed by atoms with Crippen LogP contribution in [0.2, 0.25) is 0 Å². The van der Waals surface area contributed by atoms with Crippen LogP contribution in [0.5, 0.6) is 0 Å². The van der Waals surface area contributed by atoms with Gasteiger partial charge in [-0.05, 0) is 42.3 Å². The Morgan fingerprint density at radius 1 is 1.19 bits per heavy atom. The molecular formula is C22H22N4O3S2. The predicted octanol–water partition coefficient (Wildman–Crippen LogP) is 3.73. The maximum absolute atomic E-state index is 13.2. The van der Waals surface area contributed by atoms with E-state index in [1.165, 1.54) is 18.2 Å². The number of hydrogen-bond acceptors (Lipinski definition) is 6. The molecule has 0 saturated heterocycles. The molecule has 2 aromatic rings. The van der Waals surface area contributed by atoms with Crippen molar-refractivity contribution in [1.82, 2.24) is 13.9 Å². The summed E-state index contributed by atoms with van der Waals surface area (Å²) < 4.78 is 33.7. The molecule has 0 spiro atoms. The lowest BCUT2D eigenvalue weighted by Crippen LogP contribution is -2.28. The number of benzene rings is 2. The lowest BCUT2D eigenvalue weighted by Gasteiger charge is -2.22. The van der Waals surface area contributed by atoms with Gasteiger partial charge in [-0.15, -0.1) is 0 Å². The lowest BCUT2D eigenvalue weighted by molar-refractivity contribution is 0.0786. The molecule has 0 radical (unpaired) electrons. The molecule has 9 heteroatoms. The Balaban J connectivity index is 1.62. The SMILES string of the molecule is Cc1ccc(C(=O)N(C)Cc2ccccc2)c(NS(=O)(=O)C2=CC=CN3SNC=C23)c1. The number of allylic oxidation sites excluding steroid dienone is 2. The van der Waals surface area contributed by atoms with Crippen LogP contribution in [-0.2, 0) is 16.6 Å². The third kappa shape index (κ3) is 4.47. The summed E-state index contributed by atoms with van der Waals surface area (Å²) in [6.07, 6.45) is 6.61. The fourth-order valence-electron chi connectivity index (χ4n) is 3.33.